The molecular weight excluding hydrogens is 128 g/mol. The van der Waals surface area contributed by atoms with Crippen molar-refractivity contribution in [1.29, 1.82) is 0 Å². The zero-order valence-corrected chi connectivity index (χ0v) is 5.36. The first-order chi connectivity index (χ1) is 4.06. The molecule has 0 spiro atoms. The van der Waals surface area contributed by atoms with Crippen LogP contribution < -0.4 is 5.73 Å². The van der Waals surface area contributed by atoms with Gasteiger partial charge in [0.05, 0.1) is 6.61 Å². The number of rotatable bonds is 4. The number of halogens is 2. The maximum atomic E-state index is 11.7. The molecule has 0 aromatic heterocycles. The van der Waals surface area contributed by atoms with Crippen LogP contribution in [0.5, 0.6) is 0 Å². The Hall–Kier alpha value is -0.220. The molecule has 0 aliphatic carbocycles. The highest BCUT2D eigenvalue weighted by Crippen LogP contribution is 2.08. The molecular formula is C5H11F2NO. The molecule has 0 aromatic rings. The molecule has 2 nitrogen and oxygen atoms in total. The Balaban J connectivity index is 3.07. The highest BCUT2D eigenvalue weighted by Gasteiger charge is 2.20. The van der Waals surface area contributed by atoms with E-state index in [1.807, 2.05) is 0 Å². The van der Waals surface area contributed by atoms with Gasteiger partial charge in [0.1, 0.15) is 0 Å². The maximum absolute atomic E-state index is 11.7. The molecule has 0 saturated carbocycles. The van der Waals surface area contributed by atoms with Crippen LogP contribution >= 0.6 is 0 Å². The van der Waals surface area contributed by atoms with Crippen molar-refractivity contribution in [1.82, 2.24) is 0 Å². The summed E-state index contributed by atoms with van der Waals surface area (Å²) in [6, 6.07) is -3.07. The van der Waals surface area contributed by atoms with Crippen molar-refractivity contribution >= 4 is 0 Å². The molecule has 0 fully saturated rings. The number of alkyl halides is 2. The number of nitrogens with two attached hydrogens (primary N) is 1. The van der Waals surface area contributed by atoms with Gasteiger partial charge in [0, 0.05) is 13.0 Å². The van der Waals surface area contributed by atoms with Crippen LogP contribution in [0.25, 0.3) is 0 Å². The number of ether oxygens (including phenoxy) is 1. The summed E-state index contributed by atoms with van der Waals surface area (Å²) in [5, 5.41) is 0. The van der Waals surface area contributed by atoms with Crippen molar-refractivity contribution < 1.29 is 13.5 Å². The smallest absolute Gasteiger partial charge is 0.302 e. The molecule has 0 bridgehead atoms. The van der Waals surface area contributed by atoms with Crippen molar-refractivity contribution in [2.75, 3.05) is 13.2 Å². The first-order valence-corrected chi connectivity index (χ1v) is 2.80. The van der Waals surface area contributed by atoms with Crippen LogP contribution in [0.2, 0.25) is 0 Å². The van der Waals surface area contributed by atoms with Gasteiger partial charge in [-0.1, -0.05) is 0 Å². The standard InChI is InChI=1S/C5H11F2NO/c1-2-9-4-3-5(6,7)8/h2-4,8H2,1H3. The quantitative estimate of drug-likeness (QED) is 0.465. The second kappa shape index (κ2) is 3.74. The summed E-state index contributed by atoms with van der Waals surface area (Å²) in [4.78, 5) is 0. The van der Waals surface area contributed by atoms with E-state index in [-0.39, 0.29) is 6.61 Å². The van der Waals surface area contributed by atoms with Gasteiger partial charge in [-0.15, -0.1) is 0 Å². The van der Waals surface area contributed by atoms with Crippen molar-refractivity contribution in [2.24, 2.45) is 5.73 Å². The molecule has 0 heterocycles. The molecule has 0 aliphatic heterocycles. The summed E-state index contributed by atoms with van der Waals surface area (Å²) >= 11 is 0. The second-order valence-electron chi connectivity index (χ2n) is 1.71. The van der Waals surface area contributed by atoms with Crippen LogP contribution in [-0.2, 0) is 4.74 Å². The summed E-state index contributed by atoms with van der Waals surface area (Å²) in [7, 11) is 0. The van der Waals surface area contributed by atoms with Crippen LogP contribution in [0.3, 0.4) is 0 Å². The minimum atomic E-state index is -3.07. The lowest BCUT2D eigenvalue weighted by Gasteiger charge is -2.08. The molecule has 0 atom stereocenters. The fraction of sp³-hybridized carbons (Fsp3) is 1.00. The third-order valence-electron chi connectivity index (χ3n) is 0.784. The molecule has 0 rings (SSSR count). The van der Waals surface area contributed by atoms with E-state index in [2.05, 4.69) is 10.5 Å². The largest absolute Gasteiger partial charge is 0.381 e. The highest BCUT2D eigenvalue weighted by atomic mass is 19.3. The minimum absolute atomic E-state index is 0.0278. The molecule has 9 heavy (non-hydrogen) atoms. The number of hydrogen-bond acceptors (Lipinski definition) is 2. The molecule has 0 saturated heterocycles. The summed E-state index contributed by atoms with van der Waals surface area (Å²) in [5.41, 5.74) is 4.36. The predicted octanol–water partition coefficient (Wildman–Crippen LogP) is 0.965. The van der Waals surface area contributed by atoms with E-state index in [9.17, 15) is 8.78 Å². The molecule has 0 aliphatic rings. The zero-order valence-electron chi connectivity index (χ0n) is 5.36. The van der Waals surface area contributed by atoms with Crippen LogP contribution in [0.1, 0.15) is 13.3 Å². The maximum Gasteiger partial charge on any atom is 0.302 e. The first kappa shape index (κ1) is 8.78. The lowest BCUT2D eigenvalue weighted by Crippen LogP contribution is -2.29. The predicted molar refractivity (Wildman–Crippen MR) is 30.2 cm³/mol. The van der Waals surface area contributed by atoms with E-state index in [0.29, 0.717) is 6.61 Å². The van der Waals surface area contributed by atoms with Gasteiger partial charge in [-0.05, 0) is 6.92 Å². The van der Waals surface area contributed by atoms with E-state index in [1.54, 1.807) is 6.92 Å². The molecule has 0 amide bonds. The zero-order chi connectivity index (χ0) is 7.33. The second-order valence-corrected chi connectivity index (χ2v) is 1.71. The normalized spacial score (nSPS) is 12.0. The van der Waals surface area contributed by atoms with E-state index < -0.39 is 12.5 Å². The van der Waals surface area contributed by atoms with E-state index in [4.69, 9.17) is 0 Å². The van der Waals surface area contributed by atoms with Crippen LogP contribution in [-0.4, -0.2) is 19.3 Å². The Labute approximate surface area is 53.0 Å². The minimum Gasteiger partial charge on any atom is -0.381 e. The molecule has 56 valence electrons. The van der Waals surface area contributed by atoms with Crippen LogP contribution in [0, 0.1) is 0 Å². The lowest BCUT2D eigenvalue weighted by atomic mass is 10.4. The van der Waals surface area contributed by atoms with Gasteiger partial charge in [-0.25, -0.2) is 0 Å². The molecule has 0 radical (unpaired) electrons. The van der Waals surface area contributed by atoms with Crippen LogP contribution in [0.4, 0.5) is 8.78 Å². The van der Waals surface area contributed by atoms with Gasteiger partial charge in [-0.3, -0.25) is 5.73 Å². The Morgan fingerprint density at radius 1 is 1.56 bits per heavy atom. The van der Waals surface area contributed by atoms with E-state index >= 15 is 0 Å². The summed E-state index contributed by atoms with van der Waals surface area (Å²) < 4.78 is 28.1. The SMILES string of the molecule is CCOCCC(N)(F)F. The fourth-order valence-corrected chi connectivity index (χ4v) is 0.353. The molecule has 0 aromatic carbocycles. The highest BCUT2D eigenvalue weighted by molar-refractivity contribution is 4.53. The average Bonchev–Trinajstić information content (AvgIpc) is 1.63. The van der Waals surface area contributed by atoms with Gasteiger partial charge in [0.2, 0.25) is 0 Å². The lowest BCUT2D eigenvalue weighted by molar-refractivity contribution is -0.0259. The van der Waals surface area contributed by atoms with Crippen molar-refractivity contribution in [3.05, 3.63) is 0 Å². The topological polar surface area (TPSA) is 35.2 Å². The third-order valence-corrected chi connectivity index (χ3v) is 0.784. The Morgan fingerprint density at radius 3 is 2.44 bits per heavy atom. The van der Waals surface area contributed by atoms with Gasteiger partial charge >= 0.3 is 6.05 Å². The molecule has 0 unspecified atom stereocenters. The van der Waals surface area contributed by atoms with Gasteiger partial charge in [0.15, 0.2) is 0 Å². The first-order valence-electron chi connectivity index (χ1n) is 2.80. The number of hydrogen-bond donors (Lipinski definition) is 1. The monoisotopic (exact) mass is 139 g/mol. The van der Waals surface area contributed by atoms with Crippen molar-refractivity contribution in [2.45, 2.75) is 19.4 Å². The van der Waals surface area contributed by atoms with E-state index in [0.717, 1.165) is 0 Å². The Bertz CT molecular complexity index is 71.8. The molecule has 4 heteroatoms. The summed E-state index contributed by atoms with van der Waals surface area (Å²) in [5.74, 6) is 0. The Morgan fingerprint density at radius 2 is 2.11 bits per heavy atom. The van der Waals surface area contributed by atoms with Gasteiger partial charge in [-0.2, -0.15) is 8.78 Å². The Kier molecular flexibility index (Phi) is 3.65. The van der Waals surface area contributed by atoms with E-state index in [1.165, 1.54) is 0 Å². The van der Waals surface area contributed by atoms with Crippen molar-refractivity contribution in [3.8, 4) is 0 Å². The summed E-state index contributed by atoms with van der Waals surface area (Å²) in [6.45, 7) is 2.23. The summed E-state index contributed by atoms with van der Waals surface area (Å²) in [6.07, 6.45) is -0.402. The van der Waals surface area contributed by atoms with Gasteiger partial charge in [0.25, 0.3) is 0 Å². The fourth-order valence-electron chi connectivity index (χ4n) is 0.353. The van der Waals surface area contributed by atoms with Crippen molar-refractivity contribution in [3.63, 3.8) is 0 Å². The van der Waals surface area contributed by atoms with Gasteiger partial charge < -0.3 is 4.74 Å². The van der Waals surface area contributed by atoms with Crippen LogP contribution in [0.15, 0.2) is 0 Å². The average molecular weight is 139 g/mol. The molecule has 2 N–H and O–H groups in total. The third kappa shape index (κ3) is 7.78.